The predicted octanol–water partition coefficient (Wildman–Crippen LogP) is 8.35. The summed E-state index contributed by atoms with van der Waals surface area (Å²) < 4.78 is 2.43. The maximum absolute atomic E-state index is 9.81. The Labute approximate surface area is 214 Å². The molecule has 8 rings (SSSR count). The Morgan fingerprint density at radius 3 is 1.73 bits per heavy atom. The summed E-state index contributed by atoms with van der Waals surface area (Å²) in [6.07, 6.45) is 0. The summed E-state index contributed by atoms with van der Waals surface area (Å²) in [4.78, 5) is 9.54. The molecule has 168 valence electrons. The molecule has 0 fully saturated rings. The van der Waals surface area contributed by atoms with Gasteiger partial charge in [-0.1, -0.05) is 66.7 Å². The van der Waals surface area contributed by atoms with Crippen molar-refractivity contribution in [2.75, 3.05) is 0 Å². The van der Waals surface area contributed by atoms with Gasteiger partial charge in [-0.05, 0) is 45.1 Å². The Hall–Kier alpha value is -5.10. The largest absolute Gasteiger partial charge is 0.232 e. The number of nitriles is 2. The number of hydrogen-bond acceptors (Lipinski definition) is 5. The van der Waals surface area contributed by atoms with E-state index in [0.717, 1.165) is 43.1 Å². The maximum atomic E-state index is 9.81. The first kappa shape index (κ1) is 20.1. The lowest BCUT2D eigenvalue weighted by molar-refractivity contribution is 1.21. The van der Waals surface area contributed by atoms with Crippen LogP contribution in [0.4, 0.5) is 0 Å². The summed E-state index contributed by atoms with van der Waals surface area (Å²) in [5.41, 5.74) is 1.40. The second-order valence-electron chi connectivity index (χ2n) is 9.17. The summed E-state index contributed by atoms with van der Waals surface area (Å²) in [6.45, 7) is 0. The van der Waals surface area contributed by atoms with Crippen LogP contribution in [0.1, 0.15) is 11.4 Å². The SMILES string of the molecule is N#Cc1nc2c3cc4c(cc3c3c5ccccc5c5ccccc5c3c2nc1C#N)sc1ccccc14. The van der Waals surface area contributed by atoms with Gasteiger partial charge in [0.2, 0.25) is 0 Å². The minimum absolute atomic E-state index is 0.0509. The molecule has 5 heteroatoms. The average molecular weight is 487 g/mol. The minimum Gasteiger partial charge on any atom is -0.232 e. The molecular weight excluding hydrogens is 472 g/mol. The Morgan fingerprint density at radius 2 is 1.05 bits per heavy atom. The topological polar surface area (TPSA) is 73.4 Å². The van der Waals surface area contributed by atoms with Crippen molar-refractivity contribution in [3.8, 4) is 12.1 Å². The van der Waals surface area contributed by atoms with Gasteiger partial charge in [0.25, 0.3) is 0 Å². The van der Waals surface area contributed by atoms with E-state index in [4.69, 9.17) is 9.97 Å². The fourth-order valence-corrected chi connectivity index (χ4v) is 6.92. The number of fused-ring (bicyclic) bond motifs is 14. The second kappa shape index (κ2) is 7.21. The zero-order valence-corrected chi connectivity index (χ0v) is 20.1. The molecule has 0 amide bonds. The molecule has 0 aliphatic carbocycles. The Bertz CT molecular complexity index is 2390. The summed E-state index contributed by atoms with van der Waals surface area (Å²) >= 11 is 1.78. The van der Waals surface area contributed by atoms with Crippen LogP contribution in [-0.4, -0.2) is 9.97 Å². The Morgan fingerprint density at radius 1 is 0.486 bits per heavy atom. The fourth-order valence-electron chi connectivity index (χ4n) is 5.79. The Balaban J connectivity index is 1.78. The molecule has 0 bridgehead atoms. The highest BCUT2D eigenvalue weighted by Crippen LogP contribution is 2.45. The molecule has 0 aliphatic heterocycles. The van der Waals surface area contributed by atoms with E-state index in [1.54, 1.807) is 11.3 Å². The van der Waals surface area contributed by atoms with Crippen molar-refractivity contribution in [3.63, 3.8) is 0 Å². The van der Waals surface area contributed by atoms with Crippen LogP contribution in [0.15, 0.2) is 84.9 Å². The van der Waals surface area contributed by atoms with Crippen LogP contribution in [-0.2, 0) is 0 Å². The highest BCUT2D eigenvalue weighted by atomic mass is 32.1. The van der Waals surface area contributed by atoms with Crippen molar-refractivity contribution in [2.45, 2.75) is 0 Å². The van der Waals surface area contributed by atoms with E-state index in [1.165, 1.54) is 20.2 Å². The van der Waals surface area contributed by atoms with Gasteiger partial charge < -0.3 is 0 Å². The predicted molar refractivity (Wildman–Crippen MR) is 152 cm³/mol. The van der Waals surface area contributed by atoms with Crippen molar-refractivity contribution in [1.29, 1.82) is 10.5 Å². The van der Waals surface area contributed by atoms with E-state index in [0.29, 0.717) is 11.0 Å². The second-order valence-corrected chi connectivity index (χ2v) is 10.3. The van der Waals surface area contributed by atoms with Gasteiger partial charge in [0.05, 0.1) is 11.0 Å². The molecule has 6 aromatic carbocycles. The fraction of sp³-hybridized carbons (Fsp3) is 0. The van der Waals surface area contributed by atoms with Gasteiger partial charge in [-0.25, -0.2) is 9.97 Å². The third kappa shape index (κ3) is 2.59. The normalized spacial score (nSPS) is 11.7. The third-order valence-electron chi connectivity index (χ3n) is 7.32. The van der Waals surface area contributed by atoms with Crippen molar-refractivity contribution < 1.29 is 0 Å². The van der Waals surface area contributed by atoms with Gasteiger partial charge in [0, 0.05) is 36.3 Å². The highest BCUT2D eigenvalue weighted by Gasteiger charge is 2.21. The van der Waals surface area contributed by atoms with E-state index < -0.39 is 0 Å². The van der Waals surface area contributed by atoms with Gasteiger partial charge in [-0.15, -0.1) is 11.3 Å². The minimum atomic E-state index is 0.0509. The molecule has 0 N–H and O–H groups in total. The van der Waals surface area contributed by atoms with E-state index >= 15 is 0 Å². The number of nitrogens with zero attached hydrogens (tertiary/aromatic N) is 4. The molecule has 37 heavy (non-hydrogen) atoms. The van der Waals surface area contributed by atoms with E-state index in [-0.39, 0.29) is 11.4 Å². The van der Waals surface area contributed by atoms with Crippen molar-refractivity contribution in [2.24, 2.45) is 0 Å². The van der Waals surface area contributed by atoms with Crippen LogP contribution in [0.2, 0.25) is 0 Å². The first-order chi connectivity index (χ1) is 18.3. The van der Waals surface area contributed by atoms with Crippen LogP contribution >= 0.6 is 11.3 Å². The lowest BCUT2D eigenvalue weighted by atomic mass is 9.89. The van der Waals surface area contributed by atoms with E-state index in [2.05, 4.69) is 84.9 Å². The smallest absolute Gasteiger partial charge is 0.177 e. The van der Waals surface area contributed by atoms with Crippen molar-refractivity contribution in [1.82, 2.24) is 9.97 Å². The number of thiophene rings is 1. The van der Waals surface area contributed by atoms with E-state index in [1.807, 2.05) is 12.1 Å². The number of aromatic nitrogens is 2. The molecule has 0 aliphatic rings. The van der Waals surface area contributed by atoms with Crippen LogP contribution < -0.4 is 0 Å². The molecule has 2 heterocycles. The van der Waals surface area contributed by atoms with Crippen molar-refractivity contribution >= 4 is 85.6 Å². The zero-order valence-electron chi connectivity index (χ0n) is 19.3. The Kier molecular flexibility index (Phi) is 3.92. The van der Waals surface area contributed by atoms with Crippen LogP contribution in [0.25, 0.3) is 74.3 Å². The third-order valence-corrected chi connectivity index (χ3v) is 8.45. The maximum Gasteiger partial charge on any atom is 0.177 e. The number of hydrogen-bond donors (Lipinski definition) is 0. The molecule has 0 spiro atoms. The lowest BCUT2D eigenvalue weighted by Crippen LogP contribution is -1.98. The first-order valence-electron chi connectivity index (χ1n) is 11.9. The summed E-state index contributed by atoms with van der Waals surface area (Å²) in [7, 11) is 0. The molecule has 0 saturated carbocycles. The van der Waals surface area contributed by atoms with Gasteiger partial charge in [0.15, 0.2) is 11.4 Å². The first-order valence-corrected chi connectivity index (χ1v) is 12.7. The quantitative estimate of drug-likeness (QED) is 0.202. The number of benzene rings is 6. The van der Waals surface area contributed by atoms with Gasteiger partial charge in [-0.3, -0.25) is 0 Å². The molecule has 8 aromatic rings. The summed E-state index contributed by atoms with van der Waals surface area (Å²) in [5, 5.41) is 30.5. The van der Waals surface area contributed by atoms with Gasteiger partial charge in [-0.2, -0.15) is 10.5 Å². The highest BCUT2D eigenvalue weighted by molar-refractivity contribution is 7.25. The standard InChI is InChI=1S/C32H14N4S/c33-15-25-26(16-34)36-32-30-21-11-4-2-8-18(21)17-7-1-3-10-20(17)29(30)23-14-28-22(13-24(23)31(32)35-25)19-9-5-6-12-27(19)37-28/h1-14H. The van der Waals surface area contributed by atoms with Crippen LogP contribution in [0.3, 0.4) is 0 Å². The van der Waals surface area contributed by atoms with Crippen molar-refractivity contribution in [3.05, 3.63) is 96.3 Å². The zero-order chi connectivity index (χ0) is 24.7. The van der Waals surface area contributed by atoms with Gasteiger partial charge in [0.1, 0.15) is 12.1 Å². The molecule has 0 saturated heterocycles. The molecule has 0 unspecified atom stereocenters. The molecular formula is C32H14N4S. The van der Waals surface area contributed by atoms with Crippen LogP contribution in [0.5, 0.6) is 0 Å². The van der Waals surface area contributed by atoms with Gasteiger partial charge >= 0.3 is 0 Å². The summed E-state index contributed by atoms with van der Waals surface area (Å²) in [5.74, 6) is 0. The van der Waals surface area contributed by atoms with E-state index in [9.17, 15) is 10.5 Å². The molecule has 0 atom stereocenters. The number of rotatable bonds is 0. The monoisotopic (exact) mass is 486 g/mol. The average Bonchev–Trinajstić information content (AvgIpc) is 3.32. The molecule has 2 aromatic heterocycles. The summed E-state index contributed by atoms with van der Waals surface area (Å²) in [6, 6.07) is 33.8. The lowest BCUT2D eigenvalue weighted by Gasteiger charge is -2.16. The molecule has 0 radical (unpaired) electrons. The van der Waals surface area contributed by atoms with Crippen LogP contribution in [0, 0.1) is 22.7 Å². The molecule has 4 nitrogen and oxygen atoms in total.